The van der Waals surface area contributed by atoms with Crippen LogP contribution in [0.3, 0.4) is 0 Å². The van der Waals surface area contributed by atoms with Crippen molar-refractivity contribution in [3.05, 3.63) is 76.7 Å². The van der Waals surface area contributed by atoms with Gasteiger partial charge in [-0.15, -0.1) is 0 Å². The summed E-state index contributed by atoms with van der Waals surface area (Å²) in [6, 6.07) is 14.1. The number of pyridine rings is 1. The number of carbonyl (C=O) groups is 1. The molecule has 0 bridgehead atoms. The number of hydrogen-bond acceptors (Lipinski definition) is 5. The van der Waals surface area contributed by atoms with E-state index in [0.717, 1.165) is 72.3 Å². The van der Waals surface area contributed by atoms with Crippen molar-refractivity contribution in [3.8, 4) is 22.8 Å². The number of fused-ring (bicyclic) bond motifs is 1. The number of halogens is 1. The number of carboxylic acid groups (broad SMARTS) is 1. The molecule has 2 aromatic carbocycles. The van der Waals surface area contributed by atoms with Gasteiger partial charge in [-0.05, 0) is 84.5 Å². The Bertz CT molecular complexity index is 1370. The second-order valence-corrected chi connectivity index (χ2v) is 11.1. The molecule has 212 valence electrons. The van der Waals surface area contributed by atoms with E-state index in [1.807, 2.05) is 19.1 Å². The van der Waals surface area contributed by atoms with Gasteiger partial charge in [0.25, 0.3) is 0 Å². The Morgan fingerprint density at radius 1 is 1.12 bits per heavy atom. The highest BCUT2D eigenvalue weighted by Crippen LogP contribution is 2.48. The molecule has 0 amide bonds. The molecule has 1 fully saturated rings. The van der Waals surface area contributed by atoms with Crippen molar-refractivity contribution >= 4 is 5.97 Å². The van der Waals surface area contributed by atoms with Gasteiger partial charge >= 0.3 is 5.97 Å². The van der Waals surface area contributed by atoms with Gasteiger partial charge in [-0.3, -0.25) is 9.69 Å². The van der Waals surface area contributed by atoms with E-state index in [4.69, 9.17) is 9.47 Å². The number of rotatable bonds is 11. The molecule has 1 unspecified atom stereocenters. The summed E-state index contributed by atoms with van der Waals surface area (Å²) in [4.78, 5) is 18.2. The third kappa shape index (κ3) is 5.85. The van der Waals surface area contributed by atoms with Gasteiger partial charge in [0.15, 0.2) is 0 Å². The second kappa shape index (κ2) is 12.0. The van der Waals surface area contributed by atoms with E-state index in [2.05, 4.69) is 48.0 Å². The maximum Gasteiger partial charge on any atom is 0.306 e. The van der Waals surface area contributed by atoms with Crippen LogP contribution in [-0.2, 0) is 17.8 Å². The number of benzene rings is 2. The zero-order chi connectivity index (χ0) is 28.4. The third-order valence-electron chi connectivity index (χ3n) is 8.60. The minimum atomic E-state index is -0.752. The first-order valence-electron chi connectivity index (χ1n) is 14.4. The summed E-state index contributed by atoms with van der Waals surface area (Å²) in [5, 5.41) is 9.73. The van der Waals surface area contributed by atoms with Crippen molar-refractivity contribution in [2.24, 2.45) is 11.8 Å². The van der Waals surface area contributed by atoms with Gasteiger partial charge in [0, 0.05) is 18.2 Å². The van der Waals surface area contributed by atoms with E-state index >= 15 is 0 Å². The lowest BCUT2D eigenvalue weighted by Crippen LogP contribution is -2.23. The number of carboxylic acids is 1. The SMILES string of the molecule is CCN(CC)Cc1cc([C@@H]2CCc3ccc(C(C4CC4)[C@H](C)C(=O)O)cc3O2)ccc1-c1cc(OC)ncc1F. The maximum atomic E-state index is 15.0. The highest BCUT2D eigenvalue weighted by atomic mass is 19.1. The summed E-state index contributed by atoms with van der Waals surface area (Å²) in [6.07, 6.45) is 4.95. The monoisotopic (exact) mass is 546 g/mol. The molecule has 0 radical (unpaired) electrons. The quantitative estimate of drug-likeness (QED) is 0.279. The van der Waals surface area contributed by atoms with Crippen LogP contribution >= 0.6 is 0 Å². The lowest BCUT2D eigenvalue weighted by atomic mass is 9.82. The summed E-state index contributed by atoms with van der Waals surface area (Å²) >= 11 is 0. The summed E-state index contributed by atoms with van der Waals surface area (Å²) in [7, 11) is 1.53. The molecule has 1 aliphatic heterocycles. The number of aromatic nitrogens is 1. The highest BCUT2D eigenvalue weighted by Gasteiger charge is 2.39. The lowest BCUT2D eigenvalue weighted by Gasteiger charge is -2.29. The Balaban J connectivity index is 1.47. The van der Waals surface area contributed by atoms with Gasteiger partial charge in [0.1, 0.15) is 17.7 Å². The van der Waals surface area contributed by atoms with E-state index in [9.17, 15) is 14.3 Å². The lowest BCUT2D eigenvalue weighted by molar-refractivity contribution is -0.142. The molecule has 40 heavy (non-hydrogen) atoms. The van der Waals surface area contributed by atoms with Crippen molar-refractivity contribution in [2.45, 2.75) is 65.0 Å². The van der Waals surface area contributed by atoms with E-state index in [-0.39, 0.29) is 17.8 Å². The standard InChI is InChI=1S/C33H39FN2O4/c1-5-36(6-2)19-25-15-23(11-13-26(25)27-17-31(39-4)35-18-28(27)34)29-14-12-21-7-10-24(16-30(21)40-29)32(22-8-9-22)20(3)33(37)38/h7,10-11,13,15-18,20,22,29,32H,5-6,8-9,12,14,19H2,1-4H3,(H,37,38)/t20-,29-,32?/m0/s1. The molecule has 3 atom stereocenters. The Kier molecular flexibility index (Phi) is 8.40. The fraction of sp³-hybridized carbons (Fsp3) is 0.455. The van der Waals surface area contributed by atoms with Gasteiger partial charge in [0.05, 0.1) is 19.2 Å². The largest absolute Gasteiger partial charge is 0.485 e. The van der Waals surface area contributed by atoms with Crippen LogP contribution in [0.25, 0.3) is 11.1 Å². The molecule has 3 aromatic rings. The van der Waals surface area contributed by atoms with E-state index < -0.39 is 11.9 Å². The Morgan fingerprint density at radius 3 is 2.58 bits per heavy atom. The molecule has 1 aliphatic carbocycles. The molecule has 5 rings (SSSR count). The fourth-order valence-corrected chi connectivity index (χ4v) is 6.04. The smallest absolute Gasteiger partial charge is 0.306 e. The number of nitrogens with zero attached hydrogens (tertiary/aromatic N) is 2. The van der Waals surface area contributed by atoms with Crippen LogP contribution in [0.4, 0.5) is 4.39 Å². The molecule has 1 saturated carbocycles. The average Bonchev–Trinajstić information content (AvgIpc) is 3.81. The molecule has 1 aromatic heterocycles. The number of methoxy groups -OCH3 is 1. The summed E-state index contributed by atoms with van der Waals surface area (Å²) in [6.45, 7) is 8.52. The van der Waals surface area contributed by atoms with Crippen LogP contribution in [0, 0.1) is 17.7 Å². The van der Waals surface area contributed by atoms with Crippen LogP contribution in [0.5, 0.6) is 11.6 Å². The normalized spacial score (nSPS) is 18.1. The predicted octanol–water partition coefficient (Wildman–Crippen LogP) is 7.02. The van der Waals surface area contributed by atoms with Crippen molar-refractivity contribution in [1.29, 1.82) is 0 Å². The molecule has 2 aliphatic rings. The first-order chi connectivity index (χ1) is 19.3. The van der Waals surface area contributed by atoms with Gasteiger partial charge < -0.3 is 14.6 Å². The average molecular weight is 547 g/mol. The van der Waals surface area contributed by atoms with E-state index in [0.29, 0.717) is 23.9 Å². The van der Waals surface area contributed by atoms with E-state index in [1.54, 1.807) is 6.07 Å². The zero-order valence-electron chi connectivity index (χ0n) is 23.8. The predicted molar refractivity (Wildman–Crippen MR) is 153 cm³/mol. The Morgan fingerprint density at radius 2 is 1.90 bits per heavy atom. The van der Waals surface area contributed by atoms with Crippen molar-refractivity contribution < 1.29 is 23.8 Å². The molecule has 1 N–H and O–H groups in total. The minimum Gasteiger partial charge on any atom is -0.485 e. The molecule has 0 spiro atoms. The molecular weight excluding hydrogens is 507 g/mol. The van der Waals surface area contributed by atoms with Gasteiger partial charge in [0.2, 0.25) is 5.88 Å². The maximum absolute atomic E-state index is 15.0. The molecule has 2 heterocycles. The van der Waals surface area contributed by atoms with E-state index in [1.165, 1.54) is 13.3 Å². The molecule has 6 nitrogen and oxygen atoms in total. The van der Waals surface area contributed by atoms with Gasteiger partial charge in [-0.1, -0.05) is 51.1 Å². The first kappa shape index (κ1) is 28.1. The number of aliphatic carboxylic acids is 1. The van der Waals surface area contributed by atoms with Crippen LogP contribution in [0.2, 0.25) is 0 Å². The Hall–Kier alpha value is -3.45. The van der Waals surface area contributed by atoms with Gasteiger partial charge in [-0.25, -0.2) is 9.37 Å². The van der Waals surface area contributed by atoms with Crippen molar-refractivity contribution in [1.82, 2.24) is 9.88 Å². The summed E-state index contributed by atoms with van der Waals surface area (Å²) < 4.78 is 26.9. The van der Waals surface area contributed by atoms with Crippen LogP contribution in [0.1, 0.15) is 74.3 Å². The fourth-order valence-electron chi connectivity index (χ4n) is 6.04. The summed E-state index contributed by atoms with van der Waals surface area (Å²) in [5.74, 6) is 0.0653. The zero-order valence-corrected chi connectivity index (χ0v) is 23.8. The molecule has 0 saturated heterocycles. The minimum absolute atomic E-state index is 0.000941. The van der Waals surface area contributed by atoms with Crippen LogP contribution in [-0.4, -0.2) is 41.2 Å². The number of aryl methyl sites for hydroxylation is 1. The Labute approximate surface area is 236 Å². The summed E-state index contributed by atoms with van der Waals surface area (Å²) in [5.41, 5.74) is 5.59. The van der Waals surface area contributed by atoms with Crippen molar-refractivity contribution in [2.75, 3.05) is 20.2 Å². The van der Waals surface area contributed by atoms with Crippen LogP contribution in [0.15, 0.2) is 48.7 Å². The third-order valence-corrected chi connectivity index (χ3v) is 8.60. The molecule has 7 heteroatoms. The van der Waals surface area contributed by atoms with Gasteiger partial charge in [-0.2, -0.15) is 0 Å². The second-order valence-electron chi connectivity index (χ2n) is 11.1. The highest BCUT2D eigenvalue weighted by molar-refractivity contribution is 5.71. The van der Waals surface area contributed by atoms with Crippen LogP contribution < -0.4 is 9.47 Å². The number of ether oxygens (including phenoxy) is 2. The first-order valence-corrected chi connectivity index (χ1v) is 14.4. The topological polar surface area (TPSA) is 71.9 Å². The van der Waals surface area contributed by atoms with Crippen molar-refractivity contribution in [3.63, 3.8) is 0 Å². The number of hydrogen-bond donors (Lipinski definition) is 1. The molecular formula is C33H39FN2O4.